The van der Waals surface area contributed by atoms with Gasteiger partial charge in [-0.2, -0.15) is 0 Å². The number of carbonyl (C=O) groups is 4. The summed E-state index contributed by atoms with van der Waals surface area (Å²) in [5.41, 5.74) is 1.61. The summed E-state index contributed by atoms with van der Waals surface area (Å²) in [7, 11) is -3.09. The minimum absolute atomic E-state index is 0.0190. The molecule has 0 saturated carbocycles. The van der Waals surface area contributed by atoms with Crippen molar-refractivity contribution in [2.45, 2.75) is 26.3 Å². The third-order valence-electron chi connectivity index (χ3n) is 5.11. The Labute approximate surface area is 162 Å². The molecule has 2 aliphatic heterocycles. The maximum absolute atomic E-state index is 12.8. The predicted octanol–water partition coefficient (Wildman–Crippen LogP) is 0.624. The Kier molecular flexibility index (Phi) is 5.00. The third kappa shape index (κ3) is 3.28. The molecule has 0 aromatic carbocycles. The number of ketones is 1. The van der Waals surface area contributed by atoms with Gasteiger partial charge in [-0.15, -0.1) is 6.58 Å². The van der Waals surface area contributed by atoms with Crippen LogP contribution in [0.25, 0.3) is 0 Å². The van der Waals surface area contributed by atoms with E-state index >= 15 is 0 Å². The molecule has 0 bridgehead atoms. The highest BCUT2D eigenvalue weighted by Crippen LogP contribution is 2.29. The zero-order valence-electron chi connectivity index (χ0n) is 15.7. The Balaban J connectivity index is 1.83. The quantitative estimate of drug-likeness (QED) is 0.296. The van der Waals surface area contributed by atoms with Gasteiger partial charge in [0.05, 0.1) is 18.1 Å². The average Bonchev–Trinajstić information content (AvgIpc) is 3.19. The summed E-state index contributed by atoms with van der Waals surface area (Å²) in [6.07, 6.45) is 1.79. The molecule has 0 N–H and O–H groups in total. The van der Waals surface area contributed by atoms with Gasteiger partial charge >= 0.3 is 17.8 Å². The van der Waals surface area contributed by atoms with Crippen molar-refractivity contribution in [2.24, 2.45) is 0 Å². The van der Waals surface area contributed by atoms with Crippen LogP contribution in [0.4, 0.5) is 4.79 Å². The fourth-order valence-corrected chi connectivity index (χ4v) is 5.51. The molecule has 0 radical (unpaired) electrons. The molecule has 28 heavy (non-hydrogen) atoms. The van der Waals surface area contributed by atoms with Gasteiger partial charge in [0.15, 0.2) is 15.6 Å². The van der Waals surface area contributed by atoms with Gasteiger partial charge in [-0.3, -0.25) is 19.3 Å². The minimum atomic E-state index is -3.09. The number of urea groups is 1. The van der Waals surface area contributed by atoms with E-state index in [0.717, 1.165) is 10.6 Å². The lowest BCUT2D eigenvalue weighted by Gasteiger charge is -2.17. The molecule has 1 atom stereocenters. The molecule has 3 rings (SSSR count). The van der Waals surface area contributed by atoms with E-state index in [1.807, 2.05) is 4.57 Å². The Morgan fingerprint density at radius 3 is 2.43 bits per heavy atom. The average molecular weight is 407 g/mol. The lowest BCUT2D eigenvalue weighted by Crippen LogP contribution is -2.37. The SMILES string of the molecule is C=CCN1C(=O)C(=O)N(CC(=O)c2cc(C)n([C@H]3CCS(=O)(=O)C3)c2C)C1=O. The number of aromatic nitrogens is 1. The van der Waals surface area contributed by atoms with Crippen molar-refractivity contribution in [3.05, 3.63) is 35.7 Å². The highest BCUT2D eigenvalue weighted by atomic mass is 32.2. The maximum atomic E-state index is 12.8. The Morgan fingerprint density at radius 1 is 1.21 bits per heavy atom. The van der Waals surface area contributed by atoms with E-state index in [4.69, 9.17) is 0 Å². The number of amides is 4. The normalized spacial score (nSPS) is 21.6. The van der Waals surface area contributed by atoms with Gasteiger partial charge in [-0.1, -0.05) is 6.08 Å². The first-order chi connectivity index (χ1) is 13.1. The molecule has 2 aliphatic rings. The Bertz CT molecular complexity index is 1010. The van der Waals surface area contributed by atoms with E-state index in [0.29, 0.717) is 22.6 Å². The smallest absolute Gasteiger partial charge is 0.334 e. The maximum Gasteiger partial charge on any atom is 0.334 e. The Hall–Kier alpha value is -2.75. The van der Waals surface area contributed by atoms with E-state index in [9.17, 15) is 27.6 Å². The number of Topliss-reactive ketones (excluding diaryl/α,β-unsaturated/α-hetero) is 1. The number of nitrogens with zero attached hydrogens (tertiary/aromatic N) is 3. The van der Waals surface area contributed by atoms with Crippen molar-refractivity contribution in [2.75, 3.05) is 24.6 Å². The molecular formula is C18H21N3O6S. The lowest BCUT2D eigenvalue weighted by atomic mass is 10.1. The summed E-state index contributed by atoms with van der Waals surface area (Å²) in [6, 6.07) is 0.530. The molecule has 0 aliphatic carbocycles. The summed E-state index contributed by atoms with van der Waals surface area (Å²) in [5, 5.41) is 0. The first kappa shape index (κ1) is 20.0. The molecule has 4 amide bonds. The van der Waals surface area contributed by atoms with Crippen molar-refractivity contribution >= 4 is 33.5 Å². The summed E-state index contributed by atoms with van der Waals surface area (Å²) in [4.78, 5) is 50.3. The molecule has 0 spiro atoms. The van der Waals surface area contributed by atoms with Crippen LogP contribution in [0.3, 0.4) is 0 Å². The number of aryl methyl sites for hydroxylation is 1. The van der Waals surface area contributed by atoms with Crippen LogP contribution in [0.5, 0.6) is 0 Å². The second-order valence-electron chi connectivity index (χ2n) is 7.01. The number of imide groups is 2. The van der Waals surface area contributed by atoms with E-state index in [1.54, 1.807) is 19.9 Å². The van der Waals surface area contributed by atoms with Gasteiger partial charge in [-0.05, 0) is 26.3 Å². The number of carbonyl (C=O) groups excluding carboxylic acids is 4. The first-order valence-electron chi connectivity index (χ1n) is 8.77. The summed E-state index contributed by atoms with van der Waals surface area (Å²) in [6.45, 7) is 6.25. The van der Waals surface area contributed by atoms with Gasteiger partial charge in [-0.25, -0.2) is 18.1 Å². The fourth-order valence-electron chi connectivity index (χ4n) is 3.81. The van der Waals surface area contributed by atoms with Gasteiger partial charge in [0.1, 0.15) is 0 Å². The molecule has 150 valence electrons. The van der Waals surface area contributed by atoms with Gasteiger partial charge in [0, 0.05) is 29.5 Å². The second kappa shape index (κ2) is 7.01. The van der Waals surface area contributed by atoms with Crippen LogP contribution >= 0.6 is 0 Å². The van der Waals surface area contributed by atoms with Crippen molar-refractivity contribution in [1.82, 2.24) is 14.4 Å². The zero-order valence-corrected chi connectivity index (χ0v) is 16.5. The fraction of sp³-hybridized carbons (Fsp3) is 0.444. The standard InChI is InChI=1S/C18H21N3O6S/c1-4-6-19-16(23)17(24)20(18(19)25)9-15(22)14-8-11(2)21(12(14)3)13-5-7-28(26,27)10-13/h4,8,13H,1,5-7,9-10H2,2-3H3/t13-/m0/s1. The number of hydrogen-bond acceptors (Lipinski definition) is 6. The van der Waals surface area contributed by atoms with Crippen LogP contribution in [0.15, 0.2) is 18.7 Å². The number of rotatable bonds is 6. The molecule has 1 aromatic rings. The third-order valence-corrected chi connectivity index (χ3v) is 6.86. The van der Waals surface area contributed by atoms with Crippen LogP contribution in [-0.4, -0.2) is 71.0 Å². The predicted molar refractivity (Wildman–Crippen MR) is 99.6 cm³/mol. The van der Waals surface area contributed by atoms with Crippen LogP contribution in [0, 0.1) is 13.8 Å². The molecule has 10 heteroatoms. The van der Waals surface area contributed by atoms with Crippen LogP contribution in [-0.2, 0) is 19.4 Å². The van der Waals surface area contributed by atoms with Gasteiger partial charge < -0.3 is 4.57 Å². The molecule has 2 saturated heterocycles. The summed E-state index contributed by atoms with van der Waals surface area (Å²) in [5.74, 6) is -2.40. The van der Waals surface area contributed by atoms with E-state index in [-0.39, 0.29) is 24.1 Å². The van der Waals surface area contributed by atoms with Gasteiger partial charge in [0.2, 0.25) is 0 Å². The molecular weight excluding hydrogens is 386 g/mol. The van der Waals surface area contributed by atoms with Crippen LogP contribution in [0.2, 0.25) is 0 Å². The molecule has 2 fully saturated rings. The highest BCUT2D eigenvalue weighted by molar-refractivity contribution is 7.91. The largest absolute Gasteiger partial charge is 0.344 e. The van der Waals surface area contributed by atoms with Gasteiger partial charge in [0.25, 0.3) is 0 Å². The lowest BCUT2D eigenvalue weighted by molar-refractivity contribution is -0.142. The molecule has 0 unspecified atom stereocenters. The van der Waals surface area contributed by atoms with E-state index < -0.39 is 40.0 Å². The summed E-state index contributed by atoms with van der Waals surface area (Å²) < 4.78 is 25.4. The van der Waals surface area contributed by atoms with E-state index in [1.165, 1.54) is 6.08 Å². The van der Waals surface area contributed by atoms with Crippen molar-refractivity contribution in [3.8, 4) is 0 Å². The minimum Gasteiger partial charge on any atom is -0.344 e. The van der Waals surface area contributed by atoms with Crippen LogP contribution < -0.4 is 0 Å². The van der Waals surface area contributed by atoms with Crippen molar-refractivity contribution < 1.29 is 27.6 Å². The molecule has 3 heterocycles. The zero-order chi connectivity index (χ0) is 20.8. The van der Waals surface area contributed by atoms with Crippen molar-refractivity contribution in [3.63, 3.8) is 0 Å². The monoisotopic (exact) mass is 407 g/mol. The molecule has 1 aromatic heterocycles. The highest BCUT2D eigenvalue weighted by Gasteiger charge is 2.44. The number of sulfone groups is 1. The van der Waals surface area contributed by atoms with E-state index in [2.05, 4.69) is 6.58 Å². The van der Waals surface area contributed by atoms with Crippen LogP contribution in [0.1, 0.15) is 34.2 Å². The second-order valence-corrected chi connectivity index (χ2v) is 9.24. The first-order valence-corrected chi connectivity index (χ1v) is 10.6. The topological polar surface area (TPSA) is 114 Å². The Morgan fingerprint density at radius 2 is 1.86 bits per heavy atom. The summed E-state index contributed by atoms with van der Waals surface area (Å²) >= 11 is 0. The van der Waals surface area contributed by atoms with Crippen molar-refractivity contribution in [1.29, 1.82) is 0 Å². The molecule has 9 nitrogen and oxygen atoms in total. The number of hydrogen-bond donors (Lipinski definition) is 0.